The van der Waals surface area contributed by atoms with E-state index in [9.17, 15) is 22.8 Å². The van der Waals surface area contributed by atoms with Crippen LogP contribution in [0, 0.1) is 11.8 Å². The van der Waals surface area contributed by atoms with E-state index >= 15 is 0 Å². The number of carbonyl (C=O) groups excluding carboxylic acids is 2. The number of primary amides is 1. The second-order valence-corrected chi connectivity index (χ2v) is 8.77. The molecule has 2 aromatic heterocycles. The summed E-state index contributed by atoms with van der Waals surface area (Å²) in [5, 5.41) is 2.36. The zero-order valence-electron chi connectivity index (χ0n) is 20.5. The van der Waals surface area contributed by atoms with Crippen LogP contribution in [0.4, 0.5) is 19.0 Å². The molecule has 198 valence electrons. The second kappa shape index (κ2) is 10.9. The number of likely N-dealkylation sites (tertiary alicyclic amines) is 1. The normalized spacial score (nSPS) is 15.9. The fourth-order valence-electron chi connectivity index (χ4n) is 4.42. The van der Waals surface area contributed by atoms with Crippen molar-refractivity contribution in [2.75, 3.05) is 24.2 Å². The number of anilines is 1. The van der Waals surface area contributed by atoms with Crippen LogP contribution < -0.4 is 16.9 Å². The Morgan fingerprint density at radius 3 is 2.58 bits per heavy atom. The summed E-state index contributed by atoms with van der Waals surface area (Å²) in [6.07, 6.45) is -0.817. The van der Waals surface area contributed by atoms with Gasteiger partial charge in [0, 0.05) is 17.3 Å². The number of aromatic nitrogens is 3. The minimum Gasteiger partial charge on any atom is -0.364 e. The smallest absolute Gasteiger partial charge is 0.364 e. The van der Waals surface area contributed by atoms with Gasteiger partial charge in [-0.1, -0.05) is 24.5 Å². The molecule has 1 aromatic carbocycles. The number of nitrogens with zero attached hydrogens (tertiary/aromatic N) is 4. The predicted octanol–water partition coefficient (Wildman–Crippen LogP) is 3.58. The van der Waals surface area contributed by atoms with Crippen LogP contribution in [0.1, 0.15) is 64.5 Å². The molecule has 1 atom stereocenters. The van der Waals surface area contributed by atoms with Gasteiger partial charge < -0.3 is 16.9 Å². The molecule has 38 heavy (non-hydrogen) atoms. The summed E-state index contributed by atoms with van der Waals surface area (Å²) in [5.41, 5.74) is 5.68. The van der Waals surface area contributed by atoms with E-state index in [1.54, 1.807) is 19.1 Å². The fourth-order valence-corrected chi connectivity index (χ4v) is 4.42. The van der Waals surface area contributed by atoms with Crippen LogP contribution in [0.15, 0.2) is 42.6 Å². The number of hydrogen-bond donors (Lipinski definition) is 3. The van der Waals surface area contributed by atoms with Gasteiger partial charge in [-0.2, -0.15) is 13.2 Å². The van der Waals surface area contributed by atoms with Gasteiger partial charge >= 0.3 is 6.18 Å². The molecule has 2 amide bonds. The molecule has 4 rings (SSSR count). The average Bonchev–Trinajstić information content (AvgIpc) is 3.24. The van der Waals surface area contributed by atoms with Gasteiger partial charge in [0.25, 0.3) is 11.8 Å². The lowest BCUT2D eigenvalue weighted by Crippen LogP contribution is -2.37. The highest BCUT2D eigenvalue weighted by molar-refractivity contribution is 6.04. The van der Waals surface area contributed by atoms with Crippen molar-refractivity contribution in [3.05, 3.63) is 65.2 Å². The molecule has 1 aliphatic heterocycles. The third kappa shape index (κ3) is 5.63. The number of piperidine rings is 1. The van der Waals surface area contributed by atoms with Crippen molar-refractivity contribution in [2.24, 2.45) is 5.73 Å². The standard InChI is InChI=1S/C26H26F3N7O2/c1-2-3-13-35-14-5-4-6-19(35)24-34-21(22(23(30)37)36(24)31)16-7-9-17(10-8-16)25(38)33-20-15-18(11-12-32-20)26(27,28)29/h7-12,15,19H,4-6,13-14,31H2,1H3,(H2,30,37)(H,32,33,38)/t19-/m0/s1. The van der Waals surface area contributed by atoms with E-state index in [0.29, 0.717) is 17.9 Å². The first-order valence-corrected chi connectivity index (χ1v) is 11.9. The number of imidazole rings is 1. The summed E-state index contributed by atoms with van der Waals surface area (Å²) in [6, 6.07) is 7.47. The molecule has 0 spiro atoms. The van der Waals surface area contributed by atoms with Gasteiger partial charge in [-0.05, 0) is 50.6 Å². The van der Waals surface area contributed by atoms with Gasteiger partial charge in [-0.25, -0.2) is 14.6 Å². The highest BCUT2D eigenvalue weighted by atomic mass is 19.4. The number of nitrogens with two attached hydrogens (primary N) is 2. The zero-order chi connectivity index (χ0) is 27.4. The molecule has 1 aliphatic rings. The van der Waals surface area contributed by atoms with Gasteiger partial charge in [0.15, 0.2) is 5.69 Å². The van der Waals surface area contributed by atoms with Crippen LogP contribution in [0.2, 0.25) is 0 Å². The number of nitrogen functional groups attached to an aromatic ring is 1. The predicted molar refractivity (Wildman–Crippen MR) is 135 cm³/mol. The summed E-state index contributed by atoms with van der Waals surface area (Å²) in [5.74, 6) is 11.1. The third-order valence-electron chi connectivity index (χ3n) is 6.29. The van der Waals surface area contributed by atoms with Crippen LogP contribution in [0.3, 0.4) is 0 Å². The minimum atomic E-state index is -4.56. The molecule has 12 heteroatoms. The van der Waals surface area contributed by atoms with Crippen LogP contribution in [-0.4, -0.2) is 44.4 Å². The molecule has 0 aliphatic carbocycles. The molecular weight excluding hydrogens is 499 g/mol. The molecule has 0 bridgehead atoms. The lowest BCUT2D eigenvalue weighted by molar-refractivity contribution is -0.137. The van der Waals surface area contributed by atoms with Crippen LogP contribution in [0.5, 0.6) is 0 Å². The van der Waals surface area contributed by atoms with Crippen molar-refractivity contribution in [3.63, 3.8) is 0 Å². The number of halogens is 3. The third-order valence-corrected chi connectivity index (χ3v) is 6.29. The van der Waals surface area contributed by atoms with Crippen LogP contribution in [-0.2, 0) is 6.18 Å². The summed E-state index contributed by atoms with van der Waals surface area (Å²) in [4.78, 5) is 35.6. The summed E-state index contributed by atoms with van der Waals surface area (Å²) < 4.78 is 40.1. The van der Waals surface area contributed by atoms with Crippen LogP contribution in [0.25, 0.3) is 11.3 Å². The van der Waals surface area contributed by atoms with Crippen molar-refractivity contribution in [2.45, 2.75) is 38.4 Å². The number of carbonyl (C=O) groups is 2. The maximum atomic E-state index is 13.0. The van der Waals surface area contributed by atoms with E-state index in [-0.39, 0.29) is 28.8 Å². The van der Waals surface area contributed by atoms with Crippen molar-refractivity contribution in [1.82, 2.24) is 19.5 Å². The van der Waals surface area contributed by atoms with E-state index in [1.807, 2.05) is 0 Å². The molecule has 5 N–H and O–H groups in total. The van der Waals surface area contributed by atoms with Crippen LogP contribution >= 0.6 is 0 Å². The minimum absolute atomic E-state index is 0.0254. The molecule has 0 saturated carbocycles. The number of nitrogens with one attached hydrogen (secondary N) is 1. The highest BCUT2D eigenvalue weighted by Crippen LogP contribution is 2.33. The Balaban J connectivity index is 1.60. The monoisotopic (exact) mass is 525 g/mol. The summed E-state index contributed by atoms with van der Waals surface area (Å²) >= 11 is 0. The molecule has 3 heterocycles. The summed E-state index contributed by atoms with van der Waals surface area (Å²) in [6.45, 7) is 3.13. The topological polar surface area (TPSA) is 132 Å². The first-order chi connectivity index (χ1) is 18.1. The van der Waals surface area contributed by atoms with Gasteiger partial charge in [-0.15, -0.1) is 5.92 Å². The maximum absolute atomic E-state index is 13.0. The first kappa shape index (κ1) is 26.7. The number of hydrogen-bond acceptors (Lipinski definition) is 6. The lowest BCUT2D eigenvalue weighted by Gasteiger charge is -2.33. The Morgan fingerprint density at radius 1 is 1.18 bits per heavy atom. The van der Waals surface area contributed by atoms with Gasteiger partial charge in [-0.3, -0.25) is 14.5 Å². The fraction of sp³-hybridized carbons (Fsp3) is 0.308. The molecule has 0 unspecified atom stereocenters. The Morgan fingerprint density at radius 2 is 1.92 bits per heavy atom. The van der Waals surface area contributed by atoms with E-state index in [4.69, 9.17) is 11.6 Å². The quantitative estimate of drug-likeness (QED) is 0.333. The SMILES string of the molecule is CC#CCN1CCCC[C@H]1c1nc(-c2ccc(C(=O)Nc3cc(C(F)(F)F)ccn3)cc2)c(C(N)=O)n1N. The van der Waals surface area contributed by atoms with E-state index < -0.39 is 23.6 Å². The second-order valence-electron chi connectivity index (χ2n) is 8.77. The maximum Gasteiger partial charge on any atom is 0.416 e. The number of pyridine rings is 1. The number of benzene rings is 1. The molecule has 1 saturated heterocycles. The van der Waals surface area contributed by atoms with E-state index in [2.05, 4.69) is 32.0 Å². The molecule has 1 fully saturated rings. The Labute approximate surface area is 217 Å². The zero-order valence-corrected chi connectivity index (χ0v) is 20.5. The van der Waals surface area contributed by atoms with Crippen molar-refractivity contribution < 1.29 is 22.8 Å². The first-order valence-electron chi connectivity index (χ1n) is 11.9. The Bertz CT molecular complexity index is 1400. The summed E-state index contributed by atoms with van der Waals surface area (Å²) in [7, 11) is 0. The van der Waals surface area contributed by atoms with Crippen molar-refractivity contribution in [1.29, 1.82) is 0 Å². The lowest BCUT2D eigenvalue weighted by atomic mass is 10.0. The van der Waals surface area contributed by atoms with Gasteiger partial charge in [0.1, 0.15) is 17.3 Å². The van der Waals surface area contributed by atoms with Gasteiger partial charge in [0.2, 0.25) is 0 Å². The average molecular weight is 526 g/mol. The number of rotatable bonds is 6. The molecule has 3 aromatic rings. The van der Waals surface area contributed by atoms with Crippen molar-refractivity contribution >= 4 is 17.6 Å². The highest BCUT2D eigenvalue weighted by Gasteiger charge is 2.32. The largest absolute Gasteiger partial charge is 0.416 e. The van der Waals surface area contributed by atoms with E-state index in [0.717, 1.165) is 44.1 Å². The van der Waals surface area contributed by atoms with E-state index in [1.165, 1.54) is 16.8 Å². The molecule has 9 nitrogen and oxygen atoms in total. The van der Waals surface area contributed by atoms with Gasteiger partial charge in [0.05, 0.1) is 18.2 Å². The number of amides is 2. The molecular formula is C26H26F3N7O2. The van der Waals surface area contributed by atoms with Crippen molar-refractivity contribution in [3.8, 4) is 23.1 Å². The molecule has 0 radical (unpaired) electrons. The Kier molecular flexibility index (Phi) is 7.68. The Hall–Kier alpha value is -4.37. The number of alkyl halides is 3.